The number of halogens is 1. The number of aromatic nitrogens is 4. The molecule has 0 spiro atoms. The van der Waals surface area contributed by atoms with E-state index in [2.05, 4.69) is 10.1 Å². The molecule has 0 saturated carbocycles. The lowest BCUT2D eigenvalue weighted by molar-refractivity contribution is 0.0963. The highest BCUT2D eigenvalue weighted by atomic mass is 35.5. The maximum atomic E-state index is 13.0. The number of hydrogen-bond donors (Lipinski definition) is 0. The first-order chi connectivity index (χ1) is 13.6. The number of pyridine rings is 1. The summed E-state index contributed by atoms with van der Waals surface area (Å²) in [7, 11) is 0. The molecule has 0 aliphatic carbocycles. The van der Waals surface area contributed by atoms with Crippen LogP contribution in [0.3, 0.4) is 0 Å². The third-order valence-corrected chi connectivity index (χ3v) is 5.57. The van der Waals surface area contributed by atoms with Crippen LogP contribution in [0.15, 0.2) is 47.5 Å². The smallest absolute Gasteiger partial charge is 0.261 e. The van der Waals surface area contributed by atoms with Gasteiger partial charge in [-0.25, -0.2) is 9.50 Å². The molecule has 1 aliphatic heterocycles. The van der Waals surface area contributed by atoms with Gasteiger partial charge in [-0.05, 0) is 43.5 Å². The first-order valence-electron chi connectivity index (χ1n) is 9.37. The van der Waals surface area contributed by atoms with E-state index in [0.29, 0.717) is 17.0 Å². The van der Waals surface area contributed by atoms with E-state index < -0.39 is 0 Å². The number of fused-ring (bicyclic) bond motifs is 3. The van der Waals surface area contributed by atoms with E-state index in [1.54, 1.807) is 15.3 Å². The molecule has 1 fully saturated rings. The van der Waals surface area contributed by atoms with E-state index in [4.69, 9.17) is 16.3 Å². The van der Waals surface area contributed by atoms with Gasteiger partial charge in [-0.3, -0.25) is 4.79 Å². The topological polar surface area (TPSA) is 61.4 Å². The highest BCUT2D eigenvalue weighted by Crippen LogP contribution is 2.29. The van der Waals surface area contributed by atoms with Gasteiger partial charge in [-0.15, -0.1) is 0 Å². The molecule has 7 heteroatoms. The first-order valence-corrected chi connectivity index (χ1v) is 9.74. The molecule has 142 valence electrons. The lowest BCUT2D eigenvalue weighted by atomic mass is 10.1. The highest BCUT2D eigenvalue weighted by Gasteiger charge is 2.19. The molecule has 1 atom stereocenters. The van der Waals surface area contributed by atoms with Gasteiger partial charge in [0.1, 0.15) is 0 Å². The quantitative estimate of drug-likeness (QED) is 0.529. The van der Waals surface area contributed by atoms with Gasteiger partial charge < -0.3 is 9.30 Å². The molecular formula is C21H19ClN4O2. The van der Waals surface area contributed by atoms with Crippen molar-refractivity contribution in [3.63, 3.8) is 0 Å². The predicted molar refractivity (Wildman–Crippen MR) is 109 cm³/mol. The van der Waals surface area contributed by atoms with Crippen molar-refractivity contribution in [1.29, 1.82) is 0 Å². The van der Waals surface area contributed by atoms with Gasteiger partial charge in [0.15, 0.2) is 5.65 Å². The molecule has 0 radical (unpaired) electrons. The molecule has 1 aromatic carbocycles. The SMILES string of the molecule is Cc1nn2c(ncc3c(=O)n(C[C@@H]4CCCO4)ccc32)c1-c1ccc(Cl)cc1. The summed E-state index contributed by atoms with van der Waals surface area (Å²) < 4.78 is 9.14. The number of aryl methyl sites for hydroxylation is 1. The molecule has 1 saturated heterocycles. The minimum absolute atomic E-state index is 0.0661. The zero-order chi connectivity index (χ0) is 19.3. The molecule has 3 aromatic heterocycles. The number of rotatable bonds is 3. The first kappa shape index (κ1) is 17.4. The van der Waals surface area contributed by atoms with Gasteiger partial charge in [0.25, 0.3) is 5.56 Å². The zero-order valence-corrected chi connectivity index (χ0v) is 16.2. The van der Waals surface area contributed by atoms with Crippen molar-refractivity contribution >= 4 is 28.2 Å². The molecular weight excluding hydrogens is 376 g/mol. The van der Waals surface area contributed by atoms with E-state index >= 15 is 0 Å². The summed E-state index contributed by atoms with van der Waals surface area (Å²) in [6, 6.07) is 9.54. The summed E-state index contributed by atoms with van der Waals surface area (Å²) in [6.07, 6.45) is 5.62. The molecule has 28 heavy (non-hydrogen) atoms. The van der Waals surface area contributed by atoms with Crippen LogP contribution in [0, 0.1) is 6.92 Å². The van der Waals surface area contributed by atoms with E-state index in [1.165, 1.54) is 0 Å². The van der Waals surface area contributed by atoms with Gasteiger partial charge >= 0.3 is 0 Å². The monoisotopic (exact) mass is 394 g/mol. The van der Waals surface area contributed by atoms with Gasteiger partial charge in [-0.1, -0.05) is 23.7 Å². The Morgan fingerprint density at radius 1 is 1.25 bits per heavy atom. The summed E-state index contributed by atoms with van der Waals surface area (Å²) in [5, 5.41) is 5.90. The molecule has 0 bridgehead atoms. The highest BCUT2D eigenvalue weighted by molar-refractivity contribution is 6.30. The molecule has 6 nitrogen and oxygen atoms in total. The Balaban J connectivity index is 1.66. The second kappa shape index (κ2) is 6.72. The number of benzene rings is 1. The van der Waals surface area contributed by atoms with Crippen molar-refractivity contribution < 1.29 is 4.74 Å². The Bertz CT molecular complexity index is 1240. The average Bonchev–Trinajstić information content (AvgIpc) is 3.32. The van der Waals surface area contributed by atoms with Crippen LogP contribution in [0.1, 0.15) is 18.5 Å². The van der Waals surface area contributed by atoms with E-state index in [0.717, 1.165) is 47.4 Å². The summed E-state index contributed by atoms with van der Waals surface area (Å²) in [4.78, 5) is 17.6. The van der Waals surface area contributed by atoms with E-state index in [-0.39, 0.29) is 11.7 Å². The van der Waals surface area contributed by atoms with Gasteiger partial charge in [0, 0.05) is 29.6 Å². The van der Waals surface area contributed by atoms with Crippen molar-refractivity contribution in [2.75, 3.05) is 6.61 Å². The lowest BCUT2D eigenvalue weighted by Crippen LogP contribution is -2.26. The van der Waals surface area contributed by atoms with Crippen LogP contribution in [-0.2, 0) is 11.3 Å². The number of nitrogens with zero attached hydrogens (tertiary/aromatic N) is 4. The van der Waals surface area contributed by atoms with Crippen LogP contribution in [-0.4, -0.2) is 31.9 Å². The summed E-state index contributed by atoms with van der Waals surface area (Å²) in [5.74, 6) is 0. The van der Waals surface area contributed by atoms with Crippen LogP contribution >= 0.6 is 11.6 Å². The fourth-order valence-electron chi connectivity index (χ4n) is 3.92. The summed E-state index contributed by atoms with van der Waals surface area (Å²) in [6.45, 7) is 3.29. The normalized spacial score (nSPS) is 17.0. The summed E-state index contributed by atoms with van der Waals surface area (Å²) in [5.41, 5.74) is 4.21. The Hall–Kier alpha value is -2.70. The molecule has 4 aromatic rings. The van der Waals surface area contributed by atoms with Crippen molar-refractivity contribution in [1.82, 2.24) is 19.2 Å². The van der Waals surface area contributed by atoms with E-state index in [1.807, 2.05) is 43.5 Å². The number of ether oxygens (including phenoxy) is 1. The third-order valence-electron chi connectivity index (χ3n) is 5.32. The lowest BCUT2D eigenvalue weighted by Gasteiger charge is -2.12. The predicted octanol–water partition coefficient (Wildman–Crippen LogP) is 3.85. The van der Waals surface area contributed by atoms with Gasteiger partial charge in [0.2, 0.25) is 0 Å². The van der Waals surface area contributed by atoms with Crippen molar-refractivity contribution in [3.8, 4) is 11.1 Å². The van der Waals surface area contributed by atoms with Gasteiger partial charge in [0.05, 0.1) is 29.2 Å². The van der Waals surface area contributed by atoms with Crippen LogP contribution in [0.5, 0.6) is 0 Å². The fraction of sp³-hybridized carbons (Fsp3) is 0.286. The summed E-state index contributed by atoms with van der Waals surface area (Å²) >= 11 is 6.02. The van der Waals surface area contributed by atoms with Crippen LogP contribution in [0.2, 0.25) is 5.02 Å². The number of hydrogen-bond acceptors (Lipinski definition) is 4. The fourth-order valence-corrected chi connectivity index (χ4v) is 4.05. The minimum atomic E-state index is -0.0661. The van der Waals surface area contributed by atoms with E-state index in [9.17, 15) is 4.79 Å². The minimum Gasteiger partial charge on any atom is -0.376 e. The van der Waals surface area contributed by atoms with Crippen molar-refractivity contribution in [2.24, 2.45) is 0 Å². The zero-order valence-electron chi connectivity index (χ0n) is 15.4. The Kier molecular flexibility index (Phi) is 4.18. The molecule has 0 unspecified atom stereocenters. The Morgan fingerprint density at radius 2 is 2.07 bits per heavy atom. The van der Waals surface area contributed by atoms with Crippen LogP contribution < -0.4 is 5.56 Å². The molecule has 5 rings (SSSR count). The van der Waals surface area contributed by atoms with Crippen LogP contribution in [0.4, 0.5) is 0 Å². The average molecular weight is 395 g/mol. The second-order valence-electron chi connectivity index (χ2n) is 7.17. The van der Waals surface area contributed by atoms with Gasteiger partial charge in [-0.2, -0.15) is 5.10 Å². The standard InChI is InChI=1S/C21H19ClN4O2/c1-13-19(14-4-6-15(22)7-5-14)20-23-11-17-18(26(20)24-13)8-9-25(21(17)27)12-16-3-2-10-28-16/h4-9,11,16H,2-3,10,12H2,1H3/t16-/m0/s1. The Labute approximate surface area is 166 Å². The maximum Gasteiger partial charge on any atom is 0.261 e. The Morgan fingerprint density at radius 3 is 2.82 bits per heavy atom. The molecule has 0 amide bonds. The second-order valence-corrected chi connectivity index (χ2v) is 7.60. The molecule has 4 heterocycles. The van der Waals surface area contributed by atoms with Crippen molar-refractivity contribution in [3.05, 3.63) is 63.8 Å². The third kappa shape index (κ3) is 2.80. The maximum absolute atomic E-state index is 13.0. The molecule has 0 N–H and O–H groups in total. The van der Waals surface area contributed by atoms with Crippen LogP contribution in [0.25, 0.3) is 27.7 Å². The van der Waals surface area contributed by atoms with Crippen molar-refractivity contribution in [2.45, 2.75) is 32.4 Å². The largest absolute Gasteiger partial charge is 0.376 e. The molecule has 1 aliphatic rings.